The van der Waals surface area contributed by atoms with Gasteiger partial charge in [0.25, 0.3) is 0 Å². The van der Waals surface area contributed by atoms with Crippen LogP contribution in [0.2, 0.25) is 5.02 Å². The molecule has 0 aliphatic carbocycles. The summed E-state index contributed by atoms with van der Waals surface area (Å²) in [7, 11) is 0. The molecule has 1 heterocycles. The molecule has 0 unspecified atom stereocenters. The minimum atomic E-state index is -1.01. The van der Waals surface area contributed by atoms with Gasteiger partial charge in [0, 0.05) is 5.56 Å². The maximum Gasteiger partial charge on any atom is 0.336 e. The molecule has 0 amide bonds. The number of carboxylic acids is 1. The molecule has 0 aromatic heterocycles. The van der Waals surface area contributed by atoms with E-state index < -0.39 is 12.0 Å². The van der Waals surface area contributed by atoms with E-state index in [1.807, 2.05) is 0 Å². The summed E-state index contributed by atoms with van der Waals surface area (Å²) in [5.41, 5.74) is 6.36. The molecule has 0 spiro atoms. The minimum Gasteiger partial charge on any atom is -0.490 e. The summed E-state index contributed by atoms with van der Waals surface area (Å²) in [6.45, 7) is 0.277. The van der Waals surface area contributed by atoms with Crippen molar-refractivity contribution in [2.24, 2.45) is 5.73 Å². The van der Waals surface area contributed by atoms with E-state index in [0.29, 0.717) is 16.3 Å². The van der Waals surface area contributed by atoms with Crippen LogP contribution in [0.1, 0.15) is 22.0 Å². The fourth-order valence-corrected chi connectivity index (χ4v) is 1.75. The first kappa shape index (κ1) is 9.30. The van der Waals surface area contributed by atoms with Crippen LogP contribution in [0.25, 0.3) is 0 Å². The van der Waals surface area contributed by atoms with Crippen LogP contribution in [0.5, 0.6) is 5.75 Å². The Morgan fingerprint density at radius 2 is 2.36 bits per heavy atom. The zero-order chi connectivity index (χ0) is 10.3. The summed E-state index contributed by atoms with van der Waals surface area (Å²) in [4.78, 5) is 10.9. The number of ether oxygens (including phenoxy) is 1. The fraction of sp³-hybridized carbons (Fsp3) is 0.222. The standard InChI is InChI=1S/C9H8ClNO3/c10-5-2-1-4(9(12)13)7-6(11)3-14-8(5)7/h1-2,6H,3,11H2,(H,12,13)/t6-/m0/s1. The van der Waals surface area contributed by atoms with Crippen LogP contribution >= 0.6 is 11.6 Å². The highest BCUT2D eigenvalue weighted by Gasteiger charge is 2.28. The van der Waals surface area contributed by atoms with Gasteiger partial charge >= 0.3 is 5.97 Å². The fourth-order valence-electron chi connectivity index (χ4n) is 1.53. The lowest BCUT2D eigenvalue weighted by molar-refractivity contribution is 0.0695. The third kappa shape index (κ3) is 1.23. The summed E-state index contributed by atoms with van der Waals surface area (Å²) in [6, 6.07) is 2.54. The summed E-state index contributed by atoms with van der Waals surface area (Å²) < 4.78 is 5.21. The quantitative estimate of drug-likeness (QED) is 0.740. The average Bonchev–Trinajstić information content (AvgIpc) is 2.50. The third-order valence-corrected chi connectivity index (χ3v) is 2.45. The SMILES string of the molecule is N[C@H]1COc2c(Cl)ccc(C(=O)O)c21. The maximum absolute atomic E-state index is 10.9. The van der Waals surface area contributed by atoms with E-state index in [0.717, 1.165) is 0 Å². The molecule has 14 heavy (non-hydrogen) atoms. The molecule has 0 saturated carbocycles. The Labute approximate surface area is 85.2 Å². The number of nitrogens with two attached hydrogens (primary N) is 1. The van der Waals surface area contributed by atoms with Gasteiger partial charge in [-0.05, 0) is 12.1 Å². The molecular weight excluding hydrogens is 206 g/mol. The Kier molecular flexibility index (Phi) is 2.09. The molecule has 2 rings (SSSR count). The number of hydrogen-bond acceptors (Lipinski definition) is 3. The second kappa shape index (κ2) is 3.15. The summed E-state index contributed by atoms with van der Waals surface area (Å²) in [5, 5.41) is 9.30. The van der Waals surface area contributed by atoms with Crippen molar-refractivity contribution in [2.75, 3.05) is 6.61 Å². The summed E-state index contributed by atoms with van der Waals surface area (Å²) in [5.74, 6) is -0.613. The molecule has 3 N–H and O–H groups in total. The summed E-state index contributed by atoms with van der Waals surface area (Å²) in [6.07, 6.45) is 0. The van der Waals surface area contributed by atoms with Crippen molar-refractivity contribution in [3.05, 3.63) is 28.3 Å². The lowest BCUT2D eigenvalue weighted by Crippen LogP contribution is -2.14. The van der Waals surface area contributed by atoms with Gasteiger partial charge in [0.1, 0.15) is 12.4 Å². The van der Waals surface area contributed by atoms with Crippen LogP contribution in [0.15, 0.2) is 12.1 Å². The number of aromatic carboxylic acids is 1. The Morgan fingerprint density at radius 1 is 1.64 bits per heavy atom. The van der Waals surface area contributed by atoms with Crippen molar-refractivity contribution in [1.82, 2.24) is 0 Å². The second-order valence-corrected chi connectivity index (χ2v) is 3.47. The van der Waals surface area contributed by atoms with E-state index in [-0.39, 0.29) is 12.2 Å². The monoisotopic (exact) mass is 213 g/mol. The highest BCUT2D eigenvalue weighted by atomic mass is 35.5. The highest BCUT2D eigenvalue weighted by molar-refractivity contribution is 6.32. The molecule has 1 aromatic rings. The first-order chi connectivity index (χ1) is 6.61. The van der Waals surface area contributed by atoms with Crippen molar-refractivity contribution in [2.45, 2.75) is 6.04 Å². The molecule has 74 valence electrons. The van der Waals surface area contributed by atoms with E-state index in [2.05, 4.69) is 0 Å². The third-order valence-electron chi connectivity index (χ3n) is 2.16. The smallest absolute Gasteiger partial charge is 0.336 e. The molecule has 0 radical (unpaired) electrons. The van der Waals surface area contributed by atoms with Crippen LogP contribution < -0.4 is 10.5 Å². The minimum absolute atomic E-state index is 0.161. The predicted octanol–water partition coefficient (Wildman–Crippen LogP) is 1.43. The van der Waals surface area contributed by atoms with Gasteiger partial charge in [0.05, 0.1) is 16.6 Å². The van der Waals surface area contributed by atoms with Gasteiger partial charge in [-0.1, -0.05) is 11.6 Å². The highest BCUT2D eigenvalue weighted by Crippen LogP contribution is 2.39. The van der Waals surface area contributed by atoms with Crippen LogP contribution in [0, 0.1) is 0 Å². The zero-order valence-corrected chi connectivity index (χ0v) is 7.91. The lowest BCUT2D eigenvalue weighted by Gasteiger charge is -2.06. The van der Waals surface area contributed by atoms with Gasteiger partial charge in [-0.2, -0.15) is 0 Å². The van der Waals surface area contributed by atoms with Crippen molar-refractivity contribution in [3.8, 4) is 5.75 Å². The van der Waals surface area contributed by atoms with E-state index >= 15 is 0 Å². The number of benzene rings is 1. The van der Waals surface area contributed by atoms with Gasteiger partial charge < -0.3 is 15.6 Å². The zero-order valence-electron chi connectivity index (χ0n) is 7.16. The normalized spacial score (nSPS) is 18.9. The number of fused-ring (bicyclic) bond motifs is 1. The molecule has 0 bridgehead atoms. The largest absolute Gasteiger partial charge is 0.490 e. The van der Waals surface area contributed by atoms with Gasteiger partial charge in [-0.25, -0.2) is 4.79 Å². The first-order valence-electron chi connectivity index (χ1n) is 4.05. The van der Waals surface area contributed by atoms with Crippen LogP contribution in [0.4, 0.5) is 0 Å². The molecule has 1 aromatic carbocycles. The van der Waals surface area contributed by atoms with Crippen molar-refractivity contribution < 1.29 is 14.6 Å². The number of carbonyl (C=O) groups is 1. The number of halogens is 1. The molecule has 0 fully saturated rings. The Bertz CT molecular complexity index is 405. The second-order valence-electron chi connectivity index (χ2n) is 3.06. The maximum atomic E-state index is 10.9. The molecule has 5 heteroatoms. The van der Waals surface area contributed by atoms with Gasteiger partial charge in [0.15, 0.2) is 0 Å². The first-order valence-corrected chi connectivity index (χ1v) is 4.43. The topological polar surface area (TPSA) is 72.5 Å². The number of carboxylic acid groups (broad SMARTS) is 1. The van der Waals surface area contributed by atoms with Gasteiger partial charge in [0.2, 0.25) is 0 Å². The molecule has 0 saturated heterocycles. The number of hydrogen-bond donors (Lipinski definition) is 2. The Hall–Kier alpha value is -1.26. The van der Waals surface area contributed by atoms with Crippen molar-refractivity contribution in [3.63, 3.8) is 0 Å². The van der Waals surface area contributed by atoms with E-state index in [1.165, 1.54) is 12.1 Å². The van der Waals surface area contributed by atoms with E-state index in [1.54, 1.807) is 0 Å². The van der Waals surface area contributed by atoms with Crippen LogP contribution in [-0.4, -0.2) is 17.7 Å². The lowest BCUT2D eigenvalue weighted by atomic mass is 10.0. The molecule has 1 aliphatic rings. The molecular formula is C9H8ClNO3. The molecule has 4 nitrogen and oxygen atoms in total. The molecule has 1 atom stereocenters. The van der Waals surface area contributed by atoms with Crippen molar-refractivity contribution >= 4 is 17.6 Å². The van der Waals surface area contributed by atoms with Gasteiger partial charge in [-0.15, -0.1) is 0 Å². The molecule has 1 aliphatic heterocycles. The average molecular weight is 214 g/mol. The Morgan fingerprint density at radius 3 is 3.00 bits per heavy atom. The summed E-state index contributed by atoms with van der Waals surface area (Å²) >= 11 is 5.84. The van der Waals surface area contributed by atoms with E-state index in [4.69, 9.17) is 27.2 Å². The van der Waals surface area contributed by atoms with Crippen molar-refractivity contribution in [1.29, 1.82) is 0 Å². The van der Waals surface area contributed by atoms with E-state index in [9.17, 15) is 4.79 Å². The Balaban J connectivity index is 2.66. The van der Waals surface area contributed by atoms with Crippen LogP contribution in [0.3, 0.4) is 0 Å². The predicted molar refractivity (Wildman–Crippen MR) is 50.8 cm³/mol. The number of rotatable bonds is 1. The van der Waals surface area contributed by atoms with Crippen LogP contribution in [-0.2, 0) is 0 Å². The van der Waals surface area contributed by atoms with Gasteiger partial charge in [-0.3, -0.25) is 0 Å².